The molecule has 3 aromatic rings. The Labute approximate surface area is 187 Å². The minimum Gasteiger partial charge on any atom is -0.459 e. The lowest BCUT2D eigenvalue weighted by atomic mass is 9.93. The van der Waals surface area contributed by atoms with Gasteiger partial charge >= 0.3 is 6.18 Å². The number of rotatable bonds is 5. The fraction of sp³-hybridized carbons (Fsp3) is 0.348. The van der Waals surface area contributed by atoms with Gasteiger partial charge in [0, 0.05) is 23.5 Å². The highest BCUT2D eigenvalue weighted by molar-refractivity contribution is 7.16. The second-order valence-corrected chi connectivity index (χ2v) is 8.85. The maximum Gasteiger partial charge on any atom is 0.416 e. The summed E-state index contributed by atoms with van der Waals surface area (Å²) in [7, 11) is 0. The van der Waals surface area contributed by atoms with Crippen LogP contribution in [0.4, 0.5) is 18.2 Å². The van der Waals surface area contributed by atoms with Crippen LogP contribution < -0.4 is 5.32 Å². The van der Waals surface area contributed by atoms with E-state index in [1.807, 2.05) is 13.8 Å². The summed E-state index contributed by atoms with van der Waals surface area (Å²) < 4.78 is 50.1. The summed E-state index contributed by atoms with van der Waals surface area (Å²) in [5.41, 5.74) is 1.93. The molecule has 0 spiro atoms. The number of ether oxygens (including phenoxy) is 1. The van der Waals surface area contributed by atoms with E-state index in [2.05, 4.69) is 10.2 Å². The van der Waals surface area contributed by atoms with E-state index in [1.54, 1.807) is 12.1 Å². The van der Waals surface area contributed by atoms with Crippen molar-refractivity contribution in [1.29, 1.82) is 0 Å². The number of nitrogens with zero attached hydrogens (tertiary/aromatic N) is 1. The lowest BCUT2D eigenvalue weighted by Crippen LogP contribution is -2.40. The summed E-state index contributed by atoms with van der Waals surface area (Å²) in [5.74, 6) is -0.178. The highest BCUT2D eigenvalue weighted by atomic mass is 32.1. The van der Waals surface area contributed by atoms with E-state index in [-0.39, 0.29) is 17.7 Å². The molecule has 1 saturated heterocycles. The Bertz CT molecular complexity index is 1070. The van der Waals surface area contributed by atoms with Crippen LogP contribution in [0, 0.1) is 13.8 Å². The smallest absolute Gasteiger partial charge is 0.416 e. The fourth-order valence-corrected chi connectivity index (χ4v) is 4.98. The van der Waals surface area contributed by atoms with Crippen molar-refractivity contribution in [2.24, 2.45) is 0 Å². The lowest BCUT2D eigenvalue weighted by Gasteiger charge is -2.35. The molecule has 0 aliphatic carbocycles. The molecule has 1 aromatic carbocycles. The number of amides is 1. The van der Waals surface area contributed by atoms with Gasteiger partial charge in [0.2, 0.25) is 0 Å². The number of thiophene rings is 1. The highest BCUT2D eigenvalue weighted by Gasteiger charge is 2.33. The van der Waals surface area contributed by atoms with Crippen molar-refractivity contribution >= 4 is 22.2 Å². The number of nitrogens with one attached hydrogen (secondary N) is 1. The van der Waals surface area contributed by atoms with Crippen molar-refractivity contribution in [1.82, 2.24) is 4.90 Å². The molecule has 4 rings (SSSR count). The van der Waals surface area contributed by atoms with Gasteiger partial charge in [-0.3, -0.25) is 9.69 Å². The first-order valence-corrected chi connectivity index (χ1v) is 11.0. The lowest BCUT2D eigenvalue weighted by molar-refractivity contribution is -0.137. The molecule has 1 atom stereocenters. The van der Waals surface area contributed by atoms with Gasteiger partial charge in [0.1, 0.15) is 5.00 Å². The average Bonchev–Trinajstić information content (AvgIpc) is 3.39. The summed E-state index contributed by atoms with van der Waals surface area (Å²) in [5, 5.41) is 3.61. The van der Waals surface area contributed by atoms with Gasteiger partial charge in [-0.05, 0) is 49.2 Å². The van der Waals surface area contributed by atoms with Gasteiger partial charge in [0.15, 0.2) is 5.76 Å². The van der Waals surface area contributed by atoms with Crippen LogP contribution in [0.25, 0.3) is 0 Å². The molecule has 170 valence electrons. The van der Waals surface area contributed by atoms with E-state index in [4.69, 9.17) is 9.15 Å². The summed E-state index contributed by atoms with van der Waals surface area (Å²) in [6, 6.07) is 8.16. The van der Waals surface area contributed by atoms with E-state index >= 15 is 0 Å². The minimum atomic E-state index is -4.40. The monoisotopic (exact) mass is 464 g/mol. The van der Waals surface area contributed by atoms with Crippen LogP contribution in [-0.2, 0) is 10.9 Å². The molecule has 1 amide bonds. The van der Waals surface area contributed by atoms with Crippen LogP contribution in [0.15, 0.2) is 47.1 Å². The molecule has 0 saturated carbocycles. The number of hydrogen-bond acceptors (Lipinski definition) is 5. The number of anilines is 1. The molecular formula is C23H23F3N2O3S. The van der Waals surface area contributed by atoms with Crippen LogP contribution >= 0.6 is 11.3 Å². The molecule has 9 heteroatoms. The van der Waals surface area contributed by atoms with Gasteiger partial charge in [-0.15, -0.1) is 11.3 Å². The molecule has 1 aliphatic rings. The quantitative estimate of drug-likeness (QED) is 0.530. The van der Waals surface area contributed by atoms with Crippen molar-refractivity contribution in [2.75, 3.05) is 31.6 Å². The number of carbonyl (C=O) groups is 1. The second kappa shape index (κ2) is 9.09. The number of hydrogen-bond donors (Lipinski definition) is 1. The number of carbonyl (C=O) groups excluding carboxylic acids is 1. The minimum absolute atomic E-state index is 0.192. The standard InChI is InChI=1S/C23H23F3N2O3S/c1-14-15(2)32-22(27-21(29)18-4-3-11-31-18)19(14)20(28-9-12-30-13-10-28)16-5-7-17(8-6-16)23(24,25)26/h3-8,11,20H,9-10,12-13H2,1-2H3,(H,27,29)/t20-/m0/s1. The molecular weight excluding hydrogens is 441 g/mol. The Morgan fingerprint density at radius 3 is 2.41 bits per heavy atom. The summed E-state index contributed by atoms with van der Waals surface area (Å²) in [6.07, 6.45) is -2.97. The molecule has 0 bridgehead atoms. The predicted octanol–water partition coefficient (Wildman–Crippen LogP) is 5.65. The largest absolute Gasteiger partial charge is 0.459 e. The number of aryl methyl sites for hydroxylation is 1. The second-order valence-electron chi connectivity index (χ2n) is 7.63. The van der Waals surface area contributed by atoms with Gasteiger partial charge in [-0.25, -0.2) is 0 Å². The first-order chi connectivity index (χ1) is 15.3. The van der Waals surface area contributed by atoms with Gasteiger partial charge in [0.05, 0.1) is 31.1 Å². The third kappa shape index (κ3) is 4.60. The van der Waals surface area contributed by atoms with Gasteiger partial charge in [-0.1, -0.05) is 12.1 Å². The SMILES string of the molecule is Cc1sc(NC(=O)c2ccco2)c([C@H](c2ccc(C(F)(F)F)cc2)N2CCOCC2)c1C. The maximum atomic E-state index is 13.1. The van der Waals surface area contributed by atoms with E-state index in [1.165, 1.54) is 29.7 Å². The molecule has 0 unspecified atom stereocenters. The van der Waals surface area contributed by atoms with Crippen LogP contribution in [0.3, 0.4) is 0 Å². The fourth-order valence-electron chi connectivity index (χ4n) is 3.89. The Morgan fingerprint density at radius 2 is 1.81 bits per heavy atom. The summed E-state index contributed by atoms with van der Waals surface area (Å²) >= 11 is 1.45. The molecule has 1 N–H and O–H groups in total. The van der Waals surface area contributed by atoms with Crippen molar-refractivity contribution in [3.63, 3.8) is 0 Å². The zero-order chi connectivity index (χ0) is 22.9. The molecule has 3 heterocycles. The first kappa shape index (κ1) is 22.6. The van der Waals surface area contributed by atoms with Gasteiger partial charge < -0.3 is 14.5 Å². The molecule has 1 fully saturated rings. The molecule has 0 radical (unpaired) electrons. The van der Waals surface area contributed by atoms with E-state index in [9.17, 15) is 18.0 Å². The molecule has 2 aromatic heterocycles. The number of furan rings is 1. The average molecular weight is 465 g/mol. The van der Waals surface area contributed by atoms with Crippen molar-refractivity contribution in [3.8, 4) is 0 Å². The first-order valence-electron chi connectivity index (χ1n) is 10.2. The Morgan fingerprint density at radius 1 is 1.12 bits per heavy atom. The normalized spacial score (nSPS) is 16.2. The molecule has 1 aliphatic heterocycles. The molecule has 32 heavy (non-hydrogen) atoms. The molecule has 5 nitrogen and oxygen atoms in total. The predicted molar refractivity (Wildman–Crippen MR) is 116 cm³/mol. The van der Waals surface area contributed by atoms with Gasteiger partial charge in [-0.2, -0.15) is 13.2 Å². The van der Waals surface area contributed by atoms with Gasteiger partial charge in [0.25, 0.3) is 5.91 Å². The van der Waals surface area contributed by atoms with Crippen LogP contribution in [0.2, 0.25) is 0 Å². The Balaban J connectivity index is 1.77. The third-order valence-electron chi connectivity index (χ3n) is 5.64. The maximum absolute atomic E-state index is 13.1. The van der Waals surface area contributed by atoms with E-state index < -0.39 is 11.7 Å². The van der Waals surface area contributed by atoms with Crippen molar-refractivity contribution < 1.29 is 27.1 Å². The topological polar surface area (TPSA) is 54.7 Å². The number of benzene rings is 1. The zero-order valence-electron chi connectivity index (χ0n) is 17.7. The Hall–Kier alpha value is -2.62. The van der Waals surface area contributed by atoms with Crippen molar-refractivity contribution in [3.05, 3.63) is 75.6 Å². The van der Waals surface area contributed by atoms with Crippen molar-refractivity contribution in [2.45, 2.75) is 26.1 Å². The van der Waals surface area contributed by atoms with E-state index in [0.29, 0.717) is 31.3 Å². The van der Waals surface area contributed by atoms with E-state index in [0.717, 1.165) is 33.7 Å². The van der Waals surface area contributed by atoms with Crippen LogP contribution in [0.1, 0.15) is 43.7 Å². The summed E-state index contributed by atoms with van der Waals surface area (Å²) in [4.78, 5) is 15.9. The zero-order valence-corrected chi connectivity index (χ0v) is 18.5. The number of halogens is 3. The summed E-state index contributed by atoms with van der Waals surface area (Å²) in [6.45, 7) is 6.27. The number of alkyl halides is 3. The number of morpholine rings is 1. The van der Waals surface area contributed by atoms with Crippen LogP contribution in [0.5, 0.6) is 0 Å². The Kier molecular flexibility index (Phi) is 6.41. The highest BCUT2D eigenvalue weighted by Crippen LogP contribution is 2.43. The third-order valence-corrected chi connectivity index (χ3v) is 6.78. The van der Waals surface area contributed by atoms with Crippen LogP contribution in [-0.4, -0.2) is 37.1 Å².